The van der Waals surface area contributed by atoms with Gasteiger partial charge in [0.1, 0.15) is 5.82 Å². The summed E-state index contributed by atoms with van der Waals surface area (Å²) in [7, 11) is 0. The van der Waals surface area contributed by atoms with Crippen LogP contribution in [0.3, 0.4) is 0 Å². The molecule has 3 aromatic rings. The molecule has 0 aliphatic rings. The molecule has 19 heavy (non-hydrogen) atoms. The SMILES string of the molecule is CCc1ccc(CNCc2nc3ccccc3[nH]2)s1. The van der Waals surface area contributed by atoms with Crippen molar-refractivity contribution >= 4 is 22.4 Å². The van der Waals surface area contributed by atoms with Gasteiger partial charge in [-0.1, -0.05) is 19.1 Å². The molecule has 2 aromatic heterocycles. The van der Waals surface area contributed by atoms with Crippen molar-refractivity contribution in [3.05, 3.63) is 52.0 Å². The highest BCUT2D eigenvalue weighted by Crippen LogP contribution is 2.16. The molecule has 0 bridgehead atoms. The number of hydrogen-bond acceptors (Lipinski definition) is 3. The summed E-state index contributed by atoms with van der Waals surface area (Å²) in [5.41, 5.74) is 2.13. The molecular weight excluding hydrogens is 254 g/mol. The Bertz CT molecular complexity index is 636. The van der Waals surface area contributed by atoms with Gasteiger partial charge in [-0.2, -0.15) is 0 Å². The minimum absolute atomic E-state index is 0.772. The molecule has 0 unspecified atom stereocenters. The van der Waals surface area contributed by atoms with Gasteiger partial charge in [-0.05, 0) is 30.7 Å². The van der Waals surface area contributed by atoms with Gasteiger partial charge < -0.3 is 10.3 Å². The molecule has 0 saturated carbocycles. The van der Waals surface area contributed by atoms with Gasteiger partial charge in [-0.25, -0.2) is 4.98 Å². The fourth-order valence-corrected chi connectivity index (χ4v) is 3.03. The second-order valence-corrected chi connectivity index (χ2v) is 5.78. The van der Waals surface area contributed by atoms with Gasteiger partial charge in [0.2, 0.25) is 0 Å². The number of aryl methyl sites for hydroxylation is 1. The Morgan fingerprint density at radius 2 is 1.95 bits per heavy atom. The third-order valence-corrected chi connectivity index (χ3v) is 4.33. The summed E-state index contributed by atoms with van der Waals surface area (Å²) in [5.74, 6) is 0.994. The predicted octanol–water partition coefficient (Wildman–Crippen LogP) is 3.48. The molecule has 0 saturated heterocycles. The van der Waals surface area contributed by atoms with E-state index >= 15 is 0 Å². The average Bonchev–Trinajstić information content (AvgIpc) is 3.04. The van der Waals surface area contributed by atoms with E-state index in [-0.39, 0.29) is 0 Å². The minimum atomic E-state index is 0.772. The third kappa shape index (κ3) is 2.85. The standard InChI is InChI=1S/C15H17N3S/c1-2-11-7-8-12(19-11)9-16-10-15-17-13-5-3-4-6-14(13)18-15/h3-8,16H,2,9-10H2,1H3,(H,17,18). The van der Waals surface area contributed by atoms with Crippen LogP contribution in [0, 0.1) is 0 Å². The van der Waals surface area contributed by atoms with Crippen LogP contribution in [0.4, 0.5) is 0 Å². The number of para-hydroxylation sites is 2. The molecule has 98 valence electrons. The van der Waals surface area contributed by atoms with Crippen molar-refractivity contribution in [2.24, 2.45) is 0 Å². The number of imidazole rings is 1. The summed E-state index contributed by atoms with van der Waals surface area (Å²) in [5, 5.41) is 3.43. The quantitative estimate of drug-likeness (QED) is 0.746. The molecule has 1 aromatic carbocycles. The molecule has 0 aliphatic carbocycles. The molecule has 0 spiro atoms. The average molecular weight is 271 g/mol. The van der Waals surface area contributed by atoms with Crippen LogP contribution in [0.15, 0.2) is 36.4 Å². The summed E-state index contributed by atoms with van der Waals surface area (Å²) >= 11 is 1.88. The maximum absolute atomic E-state index is 4.55. The van der Waals surface area contributed by atoms with Crippen LogP contribution >= 0.6 is 11.3 Å². The number of hydrogen-bond donors (Lipinski definition) is 2. The Kier molecular flexibility index (Phi) is 3.62. The second-order valence-electron chi connectivity index (χ2n) is 4.53. The monoisotopic (exact) mass is 271 g/mol. The molecule has 2 heterocycles. The fraction of sp³-hybridized carbons (Fsp3) is 0.267. The van der Waals surface area contributed by atoms with Gasteiger partial charge >= 0.3 is 0 Å². The second kappa shape index (κ2) is 5.55. The minimum Gasteiger partial charge on any atom is -0.341 e. The molecule has 0 aliphatic heterocycles. The molecule has 4 heteroatoms. The van der Waals surface area contributed by atoms with Crippen LogP contribution in [0.1, 0.15) is 22.5 Å². The first-order valence-corrected chi connectivity index (χ1v) is 7.38. The van der Waals surface area contributed by atoms with Crippen LogP contribution in [0.5, 0.6) is 0 Å². The number of nitrogens with one attached hydrogen (secondary N) is 2. The molecule has 0 fully saturated rings. The van der Waals surface area contributed by atoms with Crippen LogP contribution in [-0.2, 0) is 19.5 Å². The van der Waals surface area contributed by atoms with E-state index in [1.807, 2.05) is 29.5 Å². The molecule has 0 radical (unpaired) electrons. The van der Waals surface area contributed by atoms with Gasteiger partial charge in [0.15, 0.2) is 0 Å². The zero-order chi connectivity index (χ0) is 13.1. The number of aromatic amines is 1. The number of benzene rings is 1. The van der Waals surface area contributed by atoms with E-state index in [2.05, 4.69) is 40.4 Å². The lowest BCUT2D eigenvalue weighted by molar-refractivity contribution is 0.677. The Labute approximate surface area is 116 Å². The first-order chi connectivity index (χ1) is 9.35. The molecule has 0 atom stereocenters. The maximum atomic E-state index is 4.55. The van der Waals surface area contributed by atoms with E-state index in [9.17, 15) is 0 Å². The van der Waals surface area contributed by atoms with Crippen molar-refractivity contribution in [2.75, 3.05) is 0 Å². The summed E-state index contributed by atoms with van der Waals surface area (Å²) < 4.78 is 0. The number of H-pyrrole nitrogens is 1. The zero-order valence-electron chi connectivity index (χ0n) is 10.9. The summed E-state index contributed by atoms with van der Waals surface area (Å²) in [4.78, 5) is 10.7. The van der Waals surface area contributed by atoms with Gasteiger partial charge in [-0.15, -0.1) is 11.3 Å². The van der Waals surface area contributed by atoms with Crippen molar-refractivity contribution < 1.29 is 0 Å². The van der Waals surface area contributed by atoms with Crippen molar-refractivity contribution in [3.63, 3.8) is 0 Å². The number of thiophene rings is 1. The first kappa shape index (κ1) is 12.4. The third-order valence-electron chi connectivity index (χ3n) is 3.10. The number of fused-ring (bicyclic) bond motifs is 1. The van der Waals surface area contributed by atoms with Gasteiger partial charge in [-0.3, -0.25) is 0 Å². The van der Waals surface area contributed by atoms with E-state index < -0.39 is 0 Å². The Hall–Kier alpha value is -1.65. The first-order valence-electron chi connectivity index (χ1n) is 6.57. The van der Waals surface area contributed by atoms with Crippen LogP contribution in [0.2, 0.25) is 0 Å². The van der Waals surface area contributed by atoms with Crippen molar-refractivity contribution in [3.8, 4) is 0 Å². The lowest BCUT2D eigenvalue weighted by Crippen LogP contribution is -2.12. The lowest BCUT2D eigenvalue weighted by atomic mass is 10.3. The lowest BCUT2D eigenvalue weighted by Gasteiger charge is -1.99. The fourth-order valence-electron chi connectivity index (χ4n) is 2.10. The molecule has 3 rings (SSSR count). The summed E-state index contributed by atoms with van der Waals surface area (Å²) in [6.07, 6.45) is 1.12. The normalized spacial score (nSPS) is 11.2. The maximum Gasteiger partial charge on any atom is 0.121 e. The largest absolute Gasteiger partial charge is 0.341 e. The highest BCUT2D eigenvalue weighted by Gasteiger charge is 2.02. The van der Waals surface area contributed by atoms with Crippen molar-refractivity contribution in [1.82, 2.24) is 15.3 Å². The molecule has 0 amide bonds. The molecule has 3 nitrogen and oxygen atoms in total. The van der Waals surface area contributed by atoms with Crippen molar-refractivity contribution in [1.29, 1.82) is 0 Å². The Morgan fingerprint density at radius 3 is 2.74 bits per heavy atom. The predicted molar refractivity (Wildman–Crippen MR) is 80.3 cm³/mol. The molecule has 2 N–H and O–H groups in total. The van der Waals surface area contributed by atoms with E-state index in [0.717, 1.165) is 36.4 Å². The van der Waals surface area contributed by atoms with Crippen LogP contribution in [-0.4, -0.2) is 9.97 Å². The van der Waals surface area contributed by atoms with Crippen molar-refractivity contribution in [2.45, 2.75) is 26.4 Å². The number of aromatic nitrogens is 2. The van der Waals surface area contributed by atoms with E-state index in [1.54, 1.807) is 0 Å². The van der Waals surface area contributed by atoms with Crippen LogP contribution in [0.25, 0.3) is 11.0 Å². The van der Waals surface area contributed by atoms with Gasteiger partial charge in [0, 0.05) is 16.3 Å². The smallest absolute Gasteiger partial charge is 0.121 e. The number of rotatable bonds is 5. The zero-order valence-corrected chi connectivity index (χ0v) is 11.8. The number of nitrogens with zero attached hydrogens (tertiary/aromatic N) is 1. The molecular formula is C15H17N3S. The van der Waals surface area contributed by atoms with E-state index in [4.69, 9.17) is 0 Å². The van der Waals surface area contributed by atoms with E-state index in [1.165, 1.54) is 9.75 Å². The van der Waals surface area contributed by atoms with Crippen LogP contribution < -0.4 is 5.32 Å². The summed E-state index contributed by atoms with van der Waals surface area (Å²) in [6.45, 7) is 3.87. The topological polar surface area (TPSA) is 40.7 Å². The Morgan fingerprint density at radius 1 is 1.11 bits per heavy atom. The van der Waals surface area contributed by atoms with Gasteiger partial charge in [0.25, 0.3) is 0 Å². The van der Waals surface area contributed by atoms with Gasteiger partial charge in [0.05, 0.1) is 17.6 Å². The Balaban J connectivity index is 1.59. The summed E-state index contributed by atoms with van der Waals surface area (Å²) in [6, 6.07) is 12.5. The van der Waals surface area contributed by atoms with E-state index in [0.29, 0.717) is 0 Å². The highest BCUT2D eigenvalue weighted by atomic mass is 32.1. The highest BCUT2D eigenvalue weighted by molar-refractivity contribution is 7.11.